The Hall–Kier alpha value is -3.84. The van der Waals surface area contributed by atoms with Crippen molar-refractivity contribution < 1.29 is 55.0 Å². The Labute approximate surface area is 225 Å². The van der Waals surface area contributed by atoms with Crippen molar-refractivity contribution in [3.05, 3.63) is 58.1 Å². The van der Waals surface area contributed by atoms with E-state index < -0.39 is 59.9 Å². The van der Waals surface area contributed by atoms with Crippen molar-refractivity contribution in [2.45, 2.75) is 57.7 Å². The lowest BCUT2D eigenvalue weighted by Crippen LogP contribution is -2.46. The first-order valence-electron chi connectivity index (χ1n) is 12.3. The molecule has 0 radical (unpaired) electrons. The summed E-state index contributed by atoms with van der Waals surface area (Å²) in [5, 5.41) is 1.31. The van der Waals surface area contributed by atoms with E-state index in [1.165, 1.54) is 5.06 Å². The molecule has 0 fully saturated rings. The molecule has 2 aromatic carbocycles. The van der Waals surface area contributed by atoms with Gasteiger partial charge in [0.2, 0.25) is 0 Å². The molecule has 0 bridgehead atoms. The molecule has 0 unspecified atom stereocenters. The van der Waals surface area contributed by atoms with Gasteiger partial charge in [-0.1, -0.05) is 0 Å². The van der Waals surface area contributed by atoms with Gasteiger partial charge in [-0.3, -0.25) is 4.90 Å². The van der Waals surface area contributed by atoms with E-state index in [0.717, 1.165) is 17.6 Å². The van der Waals surface area contributed by atoms with E-state index in [9.17, 15) is 35.9 Å². The maximum atomic E-state index is 13.5. The van der Waals surface area contributed by atoms with Gasteiger partial charge in [0.05, 0.1) is 49.2 Å². The van der Waals surface area contributed by atoms with Gasteiger partial charge in [-0.2, -0.15) is 26.3 Å². The summed E-state index contributed by atoms with van der Waals surface area (Å²) in [7, 11) is 1.05. The van der Waals surface area contributed by atoms with Crippen LogP contribution in [-0.4, -0.2) is 43.5 Å². The van der Waals surface area contributed by atoms with E-state index in [4.69, 9.17) is 19.0 Å². The van der Waals surface area contributed by atoms with Crippen LogP contribution in [0.15, 0.2) is 30.3 Å². The molecular weight excluding hydrogens is 550 g/mol. The van der Waals surface area contributed by atoms with Crippen molar-refractivity contribution in [3.8, 4) is 5.75 Å². The summed E-state index contributed by atoms with van der Waals surface area (Å²) in [5.74, 6) is 0.498. The molecule has 0 aliphatic carbocycles. The van der Waals surface area contributed by atoms with E-state index in [1.807, 2.05) is 0 Å². The predicted octanol–water partition coefficient (Wildman–Crippen LogP) is 6.66. The number of carbonyl (C=O) groups excluding carboxylic acids is 2. The third kappa shape index (κ3) is 5.99. The third-order valence-corrected chi connectivity index (χ3v) is 6.62. The first-order chi connectivity index (χ1) is 18.7. The number of fused-ring (bicyclic) bond motifs is 2. The number of halogens is 6. The quantitative estimate of drug-likeness (QED) is 0.291. The Morgan fingerprint density at radius 1 is 1.05 bits per heavy atom. The van der Waals surface area contributed by atoms with Gasteiger partial charge in [-0.25, -0.2) is 14.7 Å². The molecule has 8 nitrogen and oxygen atoms in total. The highest BCUT2D eigenvalue weighted by Gasteiger charge is 2.41. The number of ether oxygens (including phenoxy) is 3. The van der Waals surface area contributed by atoms with Crippen LogP contribution >= 0.6 is 0 Å². The molecule has 0 saturated carbocycles. The molecule has 2 atom stereocenters. The van der Waals surface area contributed by atoms with Crippen LogP contribution in [0.5, 0.6) is 5.75 Å². The molecule has 2 aliphatic heterocycles. The van der Waals surface area contributed by atoms with Gasteiger partial charge in [-0.05, 0) is 61.7 Å². The van der Waals surface area contributed by atoms with Crippen molar-refractivity contribution in [1.82, 2.24) is 4.90 Å². The summed E-state index contributed by atoms with van der Waals surface area (Å²) >= 11 is 0. The Bertz CT molecular complexity index is 1250. The van der Waals surface area contributed by atoms with Crippen LogP contribution in [0, 0.1) is 0 Å². The number of hydrogen-bond donors (Lipinski definition) is 0. The largest absolute Gasteiger partial charge is 0.533 e. The average molecular weight is 576 g/mol. The summed E-state index contributed by atoms with van der Waals surface area (Å²) in [4.78, 5) is 31.6. The second-order valence-electron chi connectivity index (χ2n) is 9.33. The van der Waals surface area contributed by atoms with Gasteiger partial charge >= 0.3 is 24.6 Å². The number of benzene rings is 2. The number of methoxy groups -OCH3 is 1. The van der Waals surface area contributed by atoms with Crippen LogP contribution in [0.4, 0.5) is 41.6 Å². The smallest absolute Gasteiger partial charge is 0.493 e. The second-order valence-corrected chi connectivity index (χ2v) is 9.33. The number of hydrogen-bond acceptors (Lipinski definition) is 7. The van der Waals surface area contributed by atoms with Gasteiger partial charge in [0.1, 0.15) is 5.75 Å². The van der Waals surface area contributed by atoms with Crippen LogP contribution in [0.25, 0.3) is 0 Å². The number of amides is 1. The number of nitrogens with zero attached hydrogens (tertiary/aromatic N) is 2. The van der Waals surface area contributed by atoms with E-state index >= 15 is 0 Å². The van der Waals surface area contributed by atoms with Gasteiger partial charge < -0.3 is 19.0 Å². The molecule has 0 N–H and O–H groups in total. The van der Waals surface area contributed by atoms with Crippen LogP contribution < -0.4 is 9.80 Å². The molecule has 4 rings (SSSR count). The standard InChI is InChI=1S/C26H26F6N2O6/c1-4-38-24(36)40-34-14(2)7-20(19-12-22-16(5-6-39-22)10-21(19)34)33(23(35)37-3)13-15-8-17(25(27,28)29)11-18(9-15)26(30,31)32/h8-12,14,20H,4-7,13H2,1-3H3/t14-,20+/m1/s1. The highest BCUT2D eigenvalue weighted by Crippen LogP contribution is 2.46. The molecule has 2 aliphatic rings. The van der Waals surface area contributed by atoms with E-state index in [0.29, 0.717) is 42.2 Å². The number of hydroxylamine groups is 1. The molecule has 14 heteroatoms. The van der Waals surface area contributed by atoms with Crippen LogP contribution in [0.1, 0.15) is 54.1 Å². The van der Waals surface area contributed by atoms with E-state index in [2.05, 4.69) is 0 Å². The first kappa shape index (κ1) is 29.2. The molecule has 40 heavy (non-hydrogen) atoms. The minimum absolute atomic E-state index is 0.0230. The summed E-state index contributed by atoms with van der Waals surface area (Å²) in [5.41, 5.74) is -1.84. The summed E-state index contributed by atoms with van der Waals surface area (Å²) in [6.07, 6.45) is -11.4. The highest BCUT2D eigenvalue weighted by molar-refractivity contribution is 5.72. The van der Waals surface area contributed by atoms with Crippen molar-refractivity contribution in [2.75, 3.05) is 25.4 Å². The second kappa shape index (κ2) is 11.0. The zero-order chi connectivity index (χ0) is 29.4. The third-order valence-electron chi connectivity index (χ3n) is 6.62. The van der Waals surface area contributed by atoms with Gasteiger partial charge in [0.15, 0.2) is 0 Å². The Morgan fingerprint density at radius 3 is 2.27 bits per heavy atom. The Balaban J connectivity index is 1.80. The lowest BCUT2D eigenvalue weighted by atomic mass is 9.90. The summed E-state index contributed by atoms with van der Waals surface area (Å²) in [6, 6.07) is 3.02. The molecule has 0 aromatic heterocycles. The van der Waals surface area contributed by atoms with Crippen molar-refractivity contribution in [3.63, 3.8) is 0 Å². The number of carbonyl (C=O) groups is 2. The molecular formula is C26H26F6N2O6. The van der Waals surface area contributed by atoms with Crippen LogP contribution in [0.3, 0.4) is 0 Å². The molecule has 0 saturated heterocycles. The van der Waals surface area contributed by atoms with Gasteiger partial charge in [0.25, 0.3) is 0 Å². The summed E-state index contributed by atoms with van der Waals surface area (Å²) < 4.78 is 96.4. The summed E-state index contributed by atoms with van der Waals surface area (Å²) in [6.45, 7) is 3.08. The minimum atomic E-state index is -5.05. The first-order valence-corrected chi connectivity index (χ1v) is 12.3. The van der Waals surface area contributed by atoms with Gasteiger partial charge in [-0.15, -0.1) is 0 Å². The van der Waals surface area contributed by atoms with E-state index in [1.54, 1.807) is 26.0 Å². The zero-order valence-electron chi connectivity index (χ0n) is 21.7. The molecule has 2 aromatic rings. The minimum Gasteiger partial charge on any atom is -0.493 e. The molecule has 0 spiro atoms. The van der Waals surface area contributed by atoms with Crippen molar-refractivity contribution in [1.29, 1.82) is 0 Å². The Morgan fingerprint density at radius 2 is 1.70 bits per heavy atom. The molecule has 2 heterocycles. The lowest BCUT2D eigenvalue weighted by molar-refractivity contribution is -0.143. The van der Waals surface area contributed by atoms with Crippen molar-refractivity contribution >= 4 is 17.9 Å². The fraction of sp³-hybridized carbons (Fsp3) is 0.462. The highest BCUT2D eigenvalue weighted by atomic mass is 19.4. The van der Waals surface area contributed by atoms with E-state index in [-0.39, 0.29) is 19.1 Å². The zero-order valence-corrected chi connectivity index (χ0v) is 21.7. The van der Waals surface area contributed by atoms with Crippen LogP contribution in [0.2, 0.25) is 0 Å². The fourth-order valence-electron chi connectivity index (χ4n) is 4.85. The maximum Gasteiger partial charge on any atom is 0.533 e. The topological polar surface area (TPSA) is 77.5 Å². The Kier molecular flexibility index (Phi) is 7.99. The number of alkyl halides is 6. The van der Waals surface area contributed by atoms with Crippen LogP contribution in [-0.2, 0) is 39.6 Å². The SMILES string of the molecule is CCOC(=O)ON1c2cc3c(cc2[C@@H](N(Cc2cc(C(F)(F)F)cc(C(F)(F)F)c2)C(=O)OC)C[C@H]1C)OCC3. The average Bonchev–Trinajstić information content (AvgIpc) is 3.34. The number of rotatable bonds is 5. The predicted molar refractivity (Wildman–Crippen MR) is 127 cm³/mol. The maximum absolute atomic E-state index is 13.5. The molecule has 218 valence electrons. The number of anilines is 1. The normalized spacial score (nSPS) is 18.4. The fourth-order valence-corrected chi connectivity index (χ4v) is 4.85. The monoisotopic (exact) mass is 576 g/mol. The molecule has 1 amide bonds. The lowest BCUT2D eigenvalue weighted by Gasteiger charge is -2.42. The van der Waals surface area contributed by atoms with Crippen molar-refractivity contribution in [2.24, 2.45) is 0 Å². The van der Waals surface area contributed by atoms with Gasteiger partial charge in [0, 0.05) is 18.5 Å².